The molecule has 6 heteroatoms. The minimum Gasteiger partial charge on any atom is -0.492 e. The predicted molar refractivity (Wildman–Crippen MR) is 86.8 cm³/mol. The second-order valence-corrected chi connectivity index (χ2v) is 5.03. The molecule has 0 bridgehead atoms. The summed E-state index contributed by atoms with van der Waals surface area (Å²) in [6.45, 7) is 5.04. The first-order chi connectivity index (χ1) is 10.2. The number of ether oxygens (including phenoxy) is 1. The lowest BCUT2D eigenvalue weighted by Gasteiger charge is -2.10. The fraction of sp³-hybridized carbons (Fsp3) is 0.200. The highest BCUT2D eigenvalue weighted by Gasteiger charge is 2.07. The van der Waals surface area contributed by atoms with Gasteiger partial charge in [-0.25, -0.2) is 4.68 Å². The maximum atomic E-state index is 12.0. The molecule has 0 aliphatic heterocycles. The Balaban J connectivity index is 1.90. The first-order valence-corrected chi connectivity index (χ1v) is 7.30. The number of nitrogens with one attached hydrogen (secondary N) is 1. The van der Waals surface area contributed by atoms with Gasteiger partial charge < -0.3 is 10.1 Å². The van der Waals surface area contributed by atoms with Crippen LogP contribution in [0, 0.1) is 0 Å². The zero-order valence-electron chi connectivity index (χ0n) is 11.5. The van der Waals surface area contributed by atoms with Gasteiger partial charge >= 0.3 is 0 Å². The van der Waals surface area contributed by atoms with E-state index in [1.54, 1.807) is 12.3 Å². The van der Waals surface area contributed by atoms with Crippen molar-refractivity contribution in [2.24, 2.45) is 0 Å². The van der Waals surface area contributed by atoms with E-state index in [1.807, 2.05) is 30.3 Å². The zero-order chi connectivity index (χ0) is 15.1. The first kappa shape index (κ1) is 15.3. The van der Waals surface area contributed by atoms with Gasteiger partial charge in [-0.2, -0.15) is 5.10 Å². The van der Waals surface area contributed by atoms with Crippen LogP contribution in [0.5, 0.6) is 5.75 Å². The van der Waals surface area contributed by atoms with Crippen molar-refractivity contribution in [1.82, 2.24) is 9.78 Å². The molecule has 5 nitrogen and oxygen atoms in total. The van der Waals surface area contributed by atoms with Crippen molar-refractivity contribution in [1.29, 1.82) is 0 Å². The Morgan fingerprint density at radius 2 is 2.14 bits per heavy atom. The third kappa shape index (κ3) is 4.19. The minimum absolute atomic E-state index is 0.191. The molecule has 21 heavy (non-hydrogen) atoms. The molecule has 0 saturated heterocycles. The summed E-state index contributed by atoms with van der Waals surface area (Å²) < 4.78 is 7.36. The molecule has 110 valence electrons. The van der Waals surface area contributed by atoms with E-state index in [2.05, 4.69) is 32.9 Å². The van der Waals surface area contributed by atoms with E-state index in [9.17, 15) is 4.79 Å². The number of halogens is 1. The summed E-state index contributed by atoms with van der Waals surface area (Å²) in [5.41, 5.74) is 0.459. The largest absolute Gasteiger partial charge is 0.492 e. The van der Waals surface area contributed by atoms with Crippen molar-refractivity contribution >= 4 is 21.6 Å². The Hall–Kier alpha value is -2.08. The monoisotopic (exact) mass is 349 g/mol. The highest BCUT2D eigenvalue weighted by atomic mass is 79.9. The Morgan fingerprint density at radius 3 is 2.86 bits per heavy atom. The van der Waals surface area contributed by atoms with Crippen molar-refractivity contribution in [2.75, 3.05) is 18.5 Å². The van der Waals surface area contributed by atoms with E-state index in [-0.39, 0.29) is 5.56 Å². The quantitative estimate of drug-likeness (QED) is 0.616. The topological polar surface area (TPSA) is 56.1 Å². The van der Waals surface area contributed by atoms with Gasteiger partial charge in [-0.15, -0.1) is 6.58 Å². The fourth-order valence-corrected chi connectivity index (χ4v) is 2.16. The van der Waals surface area contributed by atoms with Crippen molar-refractivity contribution in [3.8, 4) is 5.75 Å². The Labute approximate surface area is 131 Å². The summed E-state index contributed by atoms with van der Waals surface area (Å²) in [7, 11) is 0. The van der Waals surface area contributed by atoms with E-state index in [4.69, 9.17) is 4.74 Å². The lowest BCUT2D eigenvalue weighted by atomic mass is 10.3. The standard InChI is InChI=1S/C15H16BrN3O2/c1-2-9-19-15(20)14(16)13(11-18-19)17-8-10-21-12-6-4-3-5-7-12/h2-7,11,17H,1,8-10H2. The third-order valence-corrected chi connectivity index (χ3v) is 3.48. The maximum absolute atomic E-state index is 12.0. The predicted octanol–water partition coefficient (Wildman–Crippen LogP) is 2.68. The Bertz CT molecular complexity index is 656. The van der Waals surface area contributed by atoms with Crippen LogP contribution in [0.15, 0.2) is 58.5 Å². The number of hydrogen-bond donors (Lipinski definition) is 1. The van der Waals surface area contributed by atoms with Crippen molar-refractivity contribution in [3.05, 3.63) is 64.0 Å². The van der Waals surface area contributed by atoms with Crippen LogP contribution in [-0.4, -0.2) is 22.9 Å². The van der Waals surface area contributed by atoms with Gasteiger partial charge in [0.25, 0.3) is 5.56 Å². The summed E-state index contributed by atoms with van der Waals surface area (Å²) >= 11 is 3.29. The molecular formula is C15H16BrN3O2. The van der Waals surface area contributed by atoms with Gasteiger partial charge in [-0.3, -0.25) is 4.79 Å². The fourth-order valence-electron chi connectivity index (χ4n) is 1.71. The van der Waals surface area contributed by atoms with Crippen molar-refractivity contribution in [3.63, 3.8) is 0 Å². The van der Waals surface area contributed by atoms with Gasteiger partial charge in [-0.05, 0) is 28.1 Å². The van der Waals surface area contributed by atoms with E-state index in [1.165, 1.54) is 4.68 Å². The lowest BCUT2D eigenvalue weighted by Crippen LogP contribution is -2.24. The molecule has 0 amide bonds. The number of anilines is 1. The number of hydrogen-bond acceptors (Lipinski definition) is 4. The van der Waals surface area contributed by atoms with Crippen molar-refractivity contribution in [2.45, 2.75) is 6.54 Å². The molecule has 0 unspecified atom stereocenters. The number of rotatable bonds is 7. The normalized spacial score (nSPS) is 10.1. The molecule has 1 N–H and O–H groups in total. The van der Waals surface area contributed by atoms with Gasteiger partial charge in [0.05, 0.1) is 18.4 Å². The smallest absolute Gasteiger partial charge is 0.283 e. The highest BCUT2D eigenvalue weighted by molar-refractivity contribution is 9.10. The van der Waals surface area contributed by atoms with Gasteiger partial charge in [0.15, 0.2) is 0 Å². The van der Waals surface area contributed by atoms with E-state index in [0.29, 0.717) is 29.9 Å². The molecule has 2 rings (SSSR count). The van der Waals surface area contributed by atoms with E-state index >= 15 is 0 Å². The number of aromatic nitrogens is 2. The van der Waals surface area contributed by atoms with E-state index in [0.717, 1.165) is 5.75 Å². The molecule has 0 aliphatic rings. The van der Waals surface area contributed by atoms with Gasteiger partial charge in [0.1, 0.15) is 16.8 Å². The molecule has 1 aromatic heterocycles. The Morgan fingerprint density at radius 1 is 1.38 bits per heavy atom. The van der Waals surface area contributed by atoms with Crippen LogP contribution >= 0.6 is 15.9 Å². The molecule has 1 aromatic carbocycles. The number of nitrogens with zero attached hydrogens (tertiary/aromatic N) is 2. The number of benzene rings is 1. The summed E-state index contributed by atoms with van der Waals surface area (Å²) in [5.74, 6) is 0.817. The molecule has 0 atom stereocenters. The maximum Gasteiger partial charge on any atom is 0.283 e. The van der Waals surface area contributed by atoms with Crippen LogP contribution in [0.1, 0.15) is 0 Å². The number of allylic oxidation sites excluding steroid dienone is 1. The van der Waals surface area contributed by atoms with Crippen LogP contribution in [0.3, 0.4) is 0 Å². The van der Waals surface area contributed by atoms with Gasteiger partial charge in [0.2, 0.25) is 0 Å². The molecule has 1 heterocycles. The van der Waals surface area contributed by atoms with Crippen LogP contribution in [-0.2, 0) is 6.54 Å². The molecule has 2 aromatic rings. The van der Waals surface area contributed by atoms with Crippen LogP contribution in [0.4, 0.5) is 5.69 Å². The second-order valence-electron chi connectivity index (χ2n) is 4.24. The third-order valence-electron chi connectivity index (χ3n) is 2.72. The van der Waals surface area contributed by atoms with Gasteiger partial charge in [-0.1, -0.05) is 24.3 Å². The zero-order valence-corrected chi connectivity index (χ0v) is 13.0. The average molecular weight is 350 g/mol. The molecule has 0 spiro atoms. The summed E-state index contributed by atoms with van der Waals surface area (Å²) in [6.07, 6.45) is 3.24. The summed E-state index contributed by atoms with van der Waals surface area (Å²) in [5, 5.41) is 7.19. The van der Waals surface area contributed by atoms with E-state index < -0.39 is 0 Å². The molecule has 0 saturated carbocycles. The molecular weight excluding hydrogens is 334 g/mol. The highest BCUT2D eigenvalue weighted by Crippen LogP contribution is 2.15. The summed E-state index contributed by atoms with van der Waals surface area (Å²) in [4.78, 5) is 12.0. The molecule has 0 radical (unpaired) electrons. The van der Waals surface area contributed by atoms with Crippen LogP contribution in [0.25, 0.3) is 0 Å². The first-order valence-electron chi connectivity index (χ1n) is 6.50. The summed E-state index contributed by atoms with van der Waals surface area (Å²) in [6, 6.07) is 9.57. The van der Waals surface area contributed by atoms with Crippen molar-refractivity contribution < 1.29 is 4.74 Å². The second kappa shape index (κ2) is 7.64. The lowest BCUT2D eigenvalue weighted by molar-refractivity contribution is 0.333. The SMILES string of the molecule is C=CCn1ncc(NCCOc2ccccc2)c(Br)c1=O. The van der Waals surface area contributed by atoms with Crippen LogP contribution < -0.4 is 15.6 Å². The number of para-hydroxylation sites is 1. The van der Waals surface area contributed by atoms with Crippen LogP contribution in [0.2, 0.25) is 0 Å². The average Bonchev–Trinajstić information content (AvgIpc) is 2.51. The molecule has 0 fully saturated rings. The van der Waals surface area contributed by atoms with Gasteiger partial charge in [0, 0.05) is 6.54 Å². The Kier molecular flexibility index (Phi) is 5.57. The minimum atomic E-state index is -0.191. The molecule has 0 aliphatic carbocycles.